The Morgan fingerprint density at radius 2 is 2.15 bits per heavy atom. The second-order valence-electron chi connectivity index (χ2n) is 3.63. The van der Waals surface area contributed by atoms with Gasteiger partial charge in [-0.25, -0.2) is 0 Å². The number of rotatable bonds is 5. The van der Waals surface area contributed by atoms with Crippen LogP contribution in [0.5, 0.6) is 0 Å². The van der Waals surface area contributed by atoms with Gasteiger partial charge in [-0.15, -0.1) is 0 Å². The topological polar surface area (TPSA) is 36.1 Å². The number of hydrogen-bond acceptors (Lipinski definition) is 3. The van der Waals surface area contributed by atoms with Gasteiger partial charge in [0.15, 0.2) is 0 Å². The highest BCUT2D eigenvalue weighted by molar-refractivity contribution is 4.95. The zero-order valence-corrected chi connectivity index (χ0v) is 8.53. The summed E-state index contributed by atoms with van der Waals surface area (Å²) in [5.41, 5.74) is 1.17. The molecule has 0 spiro atoms. The van der Waals surface area contributed by atoms with Gasteiger partial charge in [-0.05, 0) is 39.4 Å². The summed E-state index contributed by atoms with van der Waals surface area (Å²) in [6.45, 7) is 7.30. The number of hydrogen-bond donors (Lipinski definition) is 3. The molecule has 0 amide bonds. The van der Waals surface area contributed by atoms with Gasteiger partial charge in [0.1, 0.15) is 0 Å². The molecule has 13 heavy (non-hydrogen) atoms. The predicted molar refractivity (Wildman–Crippen MR) is 56.7 cm³/mol. The smallest absolute Gasteiger partial charge is 0.0282 e. The second kappa shape index (κ2) is 6.00. The Hall–Kier alpha value is -0.540. The van der Waals surface area contributed by atoms with Crippen molar-refractivity contribution >= 4 is 0 Å². The summed E-state index contributed by atoms with van der Waals surface area (Å²) >= 11 is 0. The van der Waals surface area contributed by atoms with Crippen molar-refractivity contribution in [3.8, 4) is 0 Å². The quantitative estimate of drug-likeness (QED) is 0.579. The summed E-state index contributed by atoms with van der Waals surface area (Å²) in [4.78, 5) is 0. The molecule has 1 heterocycles. The summed E-state index contributed by atoms with van der Waals surface area (Å²) < 4.78 is 0. The minimum absolute atomic E-state index is 0.644. The summed E-state index contributed by atoms with van der Waals surface area (Å²) in [6.07, 6.45) is 3.47. The summed E-state index contributed by atoms with van der Waals surface area (Å²) in [7, 11) is 1.97. The molecule has 1 aliphatic heterocycles. The lowest BCUT2D eigenvalue weighted by molar-refractivity contribution is 0.407. The van der Waals surface area contributed by atoms with Crippen LogP contribution < -0.4 is 16.0 Å². The van der Waals surface area contributed by atoms with Gasteiger partial charge in [0, 0.05) is 18.3 Å². The van der Waals surface area contributed by atoms with Gasteiger partial charge in [0.2, 0.25) is 0 Å². The third-order valence-corrected chi connectivity index (χ3v) is 2.42. The number of nitrogens with one attached hydrogen (secondary N) is 3. The fraction of sp³-hybridized carbons (Fsp3) is 0.800. The normalized spacial score (nSPS) is 18.5. The number of piperidine rings is 1. The Morgan fingerprint density at radius 3 is 2.77 bits per heavy atom. The first-order valence-electron chi connectivity index (χ1n) is 5.12. The summed E-state index contributed by atoms with van der Waals surface area (Å²) in [5, 5.41) is 9.95. The maximum atomic E-state index is 4.01. The summed E-state index contributed by atoms with van der Waals surface area (Å²) in [5.74, 6) is 0. The van der Waals surface area contributed by atoms with Crippen LogP contribution in [0.2, 0.25) is 0 Å². The maximum Gasteiger partial charge on any atom is 0.0282 e. The standard InChI is InChI=1S/C10H21N3/c1-9(3-6-11-2)13-10-4-7-12-8-5-10/h10-13H,1,3-8H2,2H3. The molecule has 76 valence electrons. The van der Waals surface area contributed by atoms with Crippen molar-refractivity contribution in [3.63, 3.8) is 0 Å². The lowest BCUT2D eigenvalue weighted by Crippen LogP contribution is -2.39. The van der Waals surface area contributed by atoms with Gasteiger partial charge in [0.05, 0.1) is 0 Å². The molecule has 3 heteroatoms. The van der Waals surface area contributed by atoms with Crippen molar-refractivity contribution in [2.24, 2.45) is 0 Å². The highest BCUT2D eigenvalue weighted by atomic mass is 15.0. The van der Waals surface area contributed by atoms with E-state index in [2.05, 4.69) is 22.5 Å². The maximum absolute atomic E-state index is 4.01. The average Bonchev–Trinajstić information content (AvgIpc) is 2.16. The van der Waals surface area contributed by atoms with Crippen LogP contribution in [0.4, 0.5) is 0 Å². The van der Waals surface area contributed by atoms with E-state index in [4.69, 9.17) is 0 Å². The molecule has 0 aromatic rings. The molecule has 3 N–H and O–H groups in total. The van der Waals surface area contributed by atoms with Crippen molar-refractivity contribution in [3.05, 3.63) is 12.3 Å². The van der Waals surface area contributed by atoms with Crippen LogP contribution in [-0.4, -0.2) is 32.7 Å². The average molecular weight is 183 g/mol. The predicted octanol–water partition coefficient (Wildman–Crippen LogP) is 0.451. The van der Waals surface area contributed by atoms with Crippen LogP contribution in [-0.2, 0) is 0 Å². The monoisotopic (exact) mass is 183 g/mol. The van der Waals surface area contributed by atoms with Gasteiger partial charge >= 0.3 is 0 Å². The van der Waals surface area contributed by atoms with Crippen LogP contribution in [0.25, 0.3) is 0 Å². The molecule has 0 unspecified atom stereocenters. The van der Waals surface area contributed by atoms with Gasteiger partial charge in [-0.2, -0.15) is 0 Å². The molecule has 0 aliphatic carbocycles. The molecule has 0 radical (unpaired) electrons. The Balaban J connectivity index is 2.11. The van der Waals surface area contributed by atoms with Gasteiger partial charge in [0.25, 0.3) is 0 Å². The van der Waals surface area contributed by atoms with Crippen LogP contribution >= 0.6 is 0 Å². The minimum atomic E-state index is 0.644. The van der Waals surface area contributed by atoms with Crippen molar-refractivity contribution in [1.29, 1.82) is 0 Å². The largest absolute Gasteiger partial charge is 0.386 e. The van der Waals surface area contributed by atoms with Gasteiger partial charge in [-0.1, -0.05) is 6.58 Å². The molecule has 3 nitrogen and oxygen atoms in total. The Labute approximate surface area is 81.0 Å². The first kappa shape index (κ1) is 10.5. The SMILES string of the molecule is C=C(CCNC)NC1CCNCC1. The molecule has 0 bridgehead atoms. The molecule has 1 aliphatic rings. The molecule has 0 saturated carbocycles. The molecule has 1 saturated heterocycles. The molecule has 0 aromatic carbocycles. The third kappa shape index (κ3) is 4.29. The molecular formula is C10H21N3. The van der Waals surface area contributed by atoms with E-state index in [9.17, 15) is 0 Å². The lowest BCUT2D eigenvalue weighted by Gasteiger charge is -2.25. The van der Waals surface area contributed by atoms with E-state index in [1.807, 2.05) is 7.05 Å². The minimum Gasteiger partial charge on any atom is -0.386 e. The Morgan fingerprint density at radius 1 is 1.46 bits per heavy atom. The third-order valence-electron chi connectivity index (χ3n) is 2.42. The first-order chi connectivity index (χ1) is 6.33. The molecule has 0 atom stereocenters. The summed E-state index contributed by atoms with van der Waals surface area (Å²) in [6, 6.07) is 0.644. The van der Waals surface area contributed by atoms with E-state index >= 15 is 0 Å². The zero-order valence-electron chi connectivity index (χ0n) is 8.53. The Bertz CT molecular complexity index is 150. The molecular weight excluding hydrogens is 162 g/mol. The first-order valence-corrected chi connectivity index (χ1v) is 5.12. The van der Waals surface area contributed by atoms with E-state index < -0.39 is 0 Å². The fourth-order valence-corrected chi connectivity index (χ4v) is 1.60. The van der Waals surface area contributed by atoms with Crippen LogP contribution in [0.3, 0.4) is 0 Å². The molecule has 1 fully saturated rings. The van der Waals surface area contributed by atoms with E-state index in [1.165, 1.54) is 18.5 Å². The van der Waals surface area contributed by atoms with Crippen molar-refractivity contribution < 1.29 is 0 Å². The highest BCUT2D eigenvalue weighted by Gasteiger charge is 2.12. The zero-order chi connectivity index (χ0) is 9.52. The van der Waals surface area contributed by atoms with E-state index in [-0.39, 0.29) is 0 Å². The van der Waals surface area contributed by atoms with Crippen molar-refractivity contribution in [2.45, 2.75) is 25.3 Å². The van der Waals surface area contributed by atoms with Crippen LogP contribution in [0.1, 0.15) is 19.3 Å². The molecule has 0 aromatic heterocycles. The Kier molecular flexibility index (Phi) is 4.86. The van der Waals surface area contributed by atoms with E-state index in [0.29, 0.717) is 6.04 Å². The van der Waals surface area contributed by atoms with Crippen molar-refractivity contribution in [2.75, 3.05) is 26.7 Å². The fourth-order valence-electron chi connectivity index (χ4n) is 1.60. The molecule has 1 rings (SSSR count). The van der Waals surface area contributed by atoms with Gasteiger partial charge < -0.3 is 16.0 Å². The van der Waals surface area contributed by atoms with Crippen molar-refractivity contribution in [1.82, 2.24) is 16.0 Å². The van der Waals surface area contributed by atoms with E-state index in [1.54, 1.807) is 0 Å². The second-order valence-corrected chi connectivity index (χ2v) is 3.63. The van der Waals surface area contributed by atoms with Gasteiger partial charge in [-0.3, -0.25) is 0 Å². The van der Waals surface area contributed by atoms with Crippen LogP contribution in [0.15, 0.2) is 12.3 Å². The van der Waals surface area contributed by atoms with E-state index in [0.717, 1.165) is 26.1 Å². The highest BCUT2D eigenvalue weighted by Crippen LogP contribution is 2.05. The van der Waals surface area contributed by atoms with Crippen LogP contribution in [0, 0.1) is 0 Å². The lowest BCUT2D eigenvalue weighted by atomic mass is 10.1.